The number of hydrogen-bond acceptors (Lipinski definition) is 11. The quantitative estimate of drug-likeness (QED) is 0.191. The second kappa shape index (κ2) is 13.1. The minimum Gasteiger partial charge on any atom is -0.464 e. The molecular weight excluding hydrogens is 570 g/mol. The number of nitriles is 1. The first-order chi connectivity index (χ1) is 20.0. The average molecular weight is 605 g/mol. The van der Waals surface area contributed by atoms with Crippen LogP contribution in [0.5, 0.6) is 5.75 Å². The van der Waals surface area contributed by atoms with Crippen molar-refractivity contribution in [1.29, 1.82) is 5.26 Å². The Morgan fingerprint density at radius 1 is 1.33 bits per heavy atom. The fourth-order valence-electron chi connectivity index (χ4n) is 4.43. The van der Waals surface area contributed by atoms with Gasteiger partial charge in [0.05, 0.1) is 6.61 Å². The zero-order valence-corrected chi connectivity index (χ0v) is 24.3. The number of aromatic nitrogens is 3. The highest BCUT2D eigenvalue weighted by atomic mass is 31.2. The number of alkyl halides is 1. The highest BCUT2D eigenvalue weighted by Crippen LogP contribution is 2.49. The molecule has 2 unspecified atom stereocenters. The van der Waals surface area contributed by atoms with Crippen LogP contribution in [-0.2, 0) is 23.4 Å². The van der Waals surface area contributed by atoms with E-state index in [1.165, 1.54) is 42.0 Å². The topological polar surface area (TPSA) is 183 Å². The fourth-order valence-corrected chi connectivity index (χ4v) is 5.95. The lowest BCUT2D eigenvalue weighted by atomic mass is 9.96. The standard InChI is InChI=1S/C27H34FN6O7P/c1-4-18(5-2)13-38-25(36)17(3)33-42(37,41-20-9-7-6-8-10-20)39-15-27(14-29)24(35)22(28)23(40-27)19-11-21-31-16-32-26(30)34(21)12-19/h6-12,16-18,22-24,35H,4-5,13,15H2,1-3H3,(H,33,37)(H2,30,31,32)/t17?,22-,23-,24-,27+,42?/m0/s1. The first kappa shape index (κ1) is 31.3. The maximum atomic E-state index is 15.4. The van der Waals surface area contributed by atoms with Crippen LogP contribution in [0.15, 0.2) is 48.9 Å². The van der Waals surface area contributed by atoms with Crippen molar-refractivity contribution in [1.82, 2.24) is 19.5 Å². The lowest BCUT2D eigenvalue weighted by Gasteiger charge is -2.28. The number of ether oxygens (including phenoxy) is 2. The van der Waals surface area contributed by atoms with Crippen molar-refractivity contribution in [2.45, 2.75) is 63.6 Å². The lowest BCUT2D eigenvalue weighted by Crippen LogP contribution is -2.45. The van der Waals surface area contributed by atoms with Crippen molar-refractivity contribution in [3.05, 3.63) is 54.5 Å². The molecule has 1 aliphatic heterocycles. The van der Waals surface area contributed by atoms with Crippen molar-refractivity contribution in [3.63, 3.8) is 0 Å². The predicted octanol–water partition coefficient (Wildman–Crippen LogP) is 3.51. The molecule has 13 nitrogen and oxygen atoms in total. The molecule has 15 heteroatoms. The number of rotatable bonds is 13. The van der Waals surface area contributed by atoms with Crippen LogP contribution in [-0.4, -0.2) is 62.6 Å². The van der Waals surface area contributed by atoms with E-state index in [1.54, 1.807) is 24.3 Å². The van der Waals surface area contributed by atoms with Crippen LogP contribution in [0.3, 0.4) is 0 Å². The van der Waals surface area contributed by atoms with Crippen LogP contribution in [0.1, 0.15) is 45.3 Å². The van der Waals surface area contributed by atoms with Crippen molar-refractivity contribution < 1.29 is 37.4 Å². The summed E-state index contributed by atoms with van der Waals surface area (Å²) in [5, 5.41) is 23.4. The van der Waals surface area contributed by atoms with Gasteiger partial charge in [0.15, 0.2) is 6.17 Å². The molecule has 0 saturated carbocycles. The Morgan fingerprint density at radius 3 is 2.69 bits per heavy atom. The van der Waals surface area contributed by atoms with Gasteiger partial charge in [0.2, 0.25) is 11.5 Å². The Bertz CT molecular complexity index is 1470. The molecule has 3 aromatic rings. The number of para-hydroxylation sites is 1. The number of nitrogens with zero attached hydrogens (tertiary/aromatic N) is 4. The molecule has 0 spiro atoms. The van der Waals surface area contributed by atoms with E-state index >= 15 is 4.39 Å². The zero-order valence-electron chi connectivity index (χ0n) is 23.4. The summed E-state index contributed by atoms with van der Waals surface area (Å²) < 4.78 is 53.1. The number of nitrogen functional groups attached to an aromatic ring is 1. The molecule has 1 saturated heterocycles. The molecule has 0 amide bonds. The summed E-state index contributed by atoms with van der Waals surface area (Å²) in [6.45, 7) is 4.70. The smallest absolute Gasteiger partial charge is 0.459 e. The van der Waals surface area contributed by atoms with Crippen LogP contribution in [0.2, 0.25) is 0 Å². The monoisotopic (exact) mass is 604 g/mol. The number of esters is 1. The number of carbonyl (C=O) groups excluding carboxylic acids is 1. The molecule has 4 rings (SSSR count). The average Bonchev–Trinajstić information content (AvgIpc) is 3.53. The van der Waals surface area contributed by atoms with E-state index in [9.17, 15) is 19.7 Å². The predicted molar refractivity (Wildman–Crippen MR) is 149 cm³/mol. The van der Waals surface area contributed by atoms with E-state index in [2.05, 4.69) is 15.1 Å². The molecule has 1 aromatic carbocycles. The summed E-state index contributed by atoms with van der Waals surface area (Å²) in [6.07, 6.45) is -1.17. The highest BCUT2D eigenvalue weighted by Gasteiger charge is 2.58. The third-order valence-electron chi connectivity index (χ3n) is 7.11. The number of aliphatic hydroxyl groups excluding tert-OH is 1. The van der Waals surface area contributed by atoms with Crippen LogP contribution >= 0.6 is 7.75 Å². The van der Waals surface area contributed by atoms with Gasteiger partial charge in [-0.15, -0.1) is 0 Å². The Balaban J connectivity index is 1.54. The number of nitrogens with one attached hydrogen (secondary N) is 1. The van der Waals surface area contributed by atoms with Gasteiger partial charge in [0, 0.05) is 11.8 Å². The molecule has 6 atom stereocenters. The molecule has 226 valence electrons. The van der Waals surface area contributed by atoms with E-state index < -0.39 is 50.3 Å². The summed E-state index contributed by atoms with van der Waals surface area (Å²) in [6, 6.07) is 10.1. The SMILES string of the molecule is CCC(CC)COC(=O)C(C)NP(=O)(OC[C@@]1(C#N)O[C@@H](c2cc3ncnc(N)n3c2)[C@H](F)[C@@H]1O)Oc1ccccc1. The van der Waals surface area contributed by atoms with Gasteiger partial charge >= 0.3 is 13.7 Å². The number of carbonyl (C=O) groups is 1. The van der Waals surface area contributed by atoms with E-state index in [0.717, 1.165) is 12.8 Å². The summed E-state index contributed by atoms with van der Waals surface area (Å²) in [7, 11) is -4.44. The Morgan fingerprint density at radius 2 is 2.05 bits per heavy atom. The molecule has 1 fully saturated rings. The fraction of sp³-hybridized carbons (Fsp3) is 0.481. The third-order valence-corrected chi connectivity index (χ3v) is 8.73. The van der Waals surface area contributed by atoms with E-state index in [1.807, 2.05) is 13.8 Å². The van der Waals surface area contributed by atoms with E-state index in [4.69, 9.17) is 24.3 Å². The molecule has 0 aliphatic carbocycles. The Kier molecular flexibility index (Phi) is 9.81. The van der Waals surface area contributed by atoms with Gasteiger partial charge in [-0.1, -0.05) is 44.9 Å². The minimum absolute atomic E-state index is 0.0905. The van der Waals surface area contributed by atoms with Crippen LogP contribution < -0.4 is 15.3 Å². The van der Waals surface area contributed by atoms with Crippen LogP contribution in [0.4, 0.5) is 10.3 Å². The summed E-state index contributed by atoms with van der Waals surface area (Å²) in [4.78, 5) is 20.6. The number of fused-ring (bicyclic) bond motifs is 1. The number of anilines is 1. The normalized spacial score (nSPS) is 24.3. The summed E-state index contributed by atoms with van der Waals surface area (Å²) >= 11 is 0. The maximum Gasteiger partial charge on any atom is 0.459 e. The largest absolute Gasteiger partial charge is 0.464 e. The van der Waals surface area contributed by atoms with E-state index in [0.29, 0.717) is 5.65 Å². The highest BCUT2D eigenvalue weighted by molar-refractivity contribution is 7.52. The lowest BCUT2D eigenvalue weighted by molar-refractivity contribution is -0.146. The summed E-state index contributed by atoms with van der Waals surface area (Å²) in [5.74, 6) is -0.302. The van der Waals surface area contributed by atoms with Gasteiger partial charge in [0.1, 0.15) is 48.6 Å². The van der Waals surface area contributed by atoms with E-state index in [-0.39, 0.29) is 29.8 Å². The van der Waals surface area contributed by atoms with Gasteiger partial charge in [-0.25, -0.2) is 18.9 Å². The van der Waals surface area contributed by atoms with Crippen molar-refractivity contribution in [3.8, 4) is 11.8 Å². The molecule has 0 radical (unpaired) electrons. The number of nitrogens with two attached hydrogens (primary N) is 1. The number of benzene rings is 1. The van der Waals surface area contributed by atoms with Gasteiger partial charge in [-0.05, 0) is 31.0 Å². The molecule has 0 bridgehead atoms. The molecule has 2 aromatic heterocycles. The Labute approximate surface area is 242 Å². The number of aliphatic hydroxyl groups is 1. The van der Waals surface area contributed by atoms with Crippen LogP contribution in [0.25, 0.3) is 5.65 Å². The zero-order chi connectivity index (χ0) is 30.5. The first-order valence-electron chi connectivity index (χ1n) is 13.5. The first-order valence-corrected chi connectivity index (χ1v) is 15.0. The second-order valence-corrected chi connectivity index (χ2v) is 11.7. The van der Waals surface area contributed by atoms with Gasteiger partial charge in [0.25, 0.3) is 0 Å². The van der Waals surface area contributed by atoms with Crippen molar-refractivity contribution in [2.75, 3.05) is 18.9 Å². The number of hydrogen-bond donors (Lipinski definition) is 3. The Hall–Kier alpha value is -3.60. The molecular formula is C27H34FN6O7P. The van der Waals surface area contributed by atoms with Gasteiger partial charge < -0.3 is 24.8 Å². The third kappa shape index (κ3) is 6.72. The van der Waals surface area contributed by atoms with Crippen molar-refractivity contribution in [2.24, 2.45) is 5.92 Å². The van der Waals surface area contributed by atoms with Crippen LogP contribution in [0, 0.1) is 17.2 Å². The van der Waals surface area contributed by atoms with Gasteiger partial charge in [-0.2, -0.15) is 10.3 Å². The van der Waals surface area contributed by atoms with Crippen molar-refractivity contribution >= 4 is 25.3 Å². The molecule has 1 aliphatic rings. The van der Waals surface area contributed by atoms with Gasteiger partial charge in [-0.3, -0.25) is 13.7 Å². The number of halogens is 1. The molecule has 42 heavy (non-hydrogen) atoms. The second-order valence-electron chi connectivity index (χ2n) is 10.0. The molecule has 4 N–H and O–H groups in total. The summed E-state index contributed by atoms with van der Waals surface area (Å²) in [5.41, 5.74) is 4.15. The maximum absolute atomic E-state index is 15.4. The molecule has 3 heterocycles. The minimum atomic E-state index is -4.44.